The number of thiophene rings is 1. The van der Waals surface area contributed by atoms with Crippen molar-refractivity contribution in [1.29, 1.82) is 0 Å². The third-order valence-electron chi connectivity index (χ3n) is 2.53. The Hall–Kier alpha value is -0.380. The first-order valence-corrected chi connectivity index (χ1v) is 5.17. The smallest absolute Gasteiger partial charge is 0.0445 e. The highest BCUT2D eigenvalue weighted by atomic mass is 32.1. The highest BCUT2D eigenvalue weighted by Crippen LogP contribution is 2.29. The maximum Gasteiger partial charge on any atom is 0.0445 e. The van der Waals surface area contributed by atoms with E-state index >= 15 is 0 Å². The molecule has 3 heteroatoms. The summed E-state index contributed by atoms with van der Waals surface area (Å²) in [7, 11) is 0. The van der Waals surface area contributed by atoms with E-state index in [4.69, 9.17) is 5.73 Å². The average molecular weight is 182 g/mol. The van der Waals surface area contributed by atoms with Gasteiger partial charge in [-0.15, -0.1) is 11.3 Å². The lowest BCUT2D eigenvalue weighted by atomic mass is 9.92. The zero-order chi connectivity index (χ0) is 8.55. The fraction of sp³-hybridized carbons (Fsp3) is 0.556. The Labute approximate surface area is 76.8 Å². The Morgan fingerprint density at radius 3 is 2.83 bits per heavy atom. The van der Waals surface area contributed by atoms with E-state index in [-0.39, 0.29) is 6.04 Å². The molecule has 1 aromatic heterocycles. The summed E-state index contributed by atoms with van der Waals surface area (Å²) in [6.07, 6.45) is 0. The minimum atomic E-state index is 0.256. The van der Waals surface area contributed by atoms with Crippen LogP contribution in [-0.4, -0.2) is 13.1 Å². The second-order valence-electron chi connectivity index (χ2n) is 3.41. The molecule has 0 amide bonds. The fourth-order valence-corrected chi connectivity index (χ4v) is 2.53. The van der Waals surface area contributed by atoms with Gasteiger partial charge in [0.25, 0.3) is 0 Å². The average Bonchev–Trinajstić information content (AvgIpc) is 2.31. The van der Waals surface area contributed by atoms with Crippen LogP contribution in [0.25, 0.3) is 0 Å². The molecule has 0 radical (unpaired) electrons. The van der Waals surface area contributed by atoms with Gasteiger partial charge in [0.2, 0.25) is 0 Å². The summed E-state index contributed by atoms with van der Waals surface area (Å²) in [5, 5.41) is 5.37. The van der Waals surface area contributed by atoms with Crippen LogP contribution in [0.15, 0.2) is 11.4 Å². The van der Waals surface area contributed by atoms with Crippen LogP contribution >= 0.6 is 11.3 Å². The number of nitrogens with one attached hydrogen (secondary N) is 1. The minimum absolute atomic E-state index is 0.256. The summed E-state index contributed by atoms with van der Waals surface area (Å²) >= 11 is 1.78. The van der Waals surface area contributed by atoms with E-state index in [1.165, 1.54) is 10.4 Å². The van der Waals surface area contributed by atoms with Crippen LogP contribution in [0.2, 0.25) is 0 Å². The van der Waals surface area contributed by atoms with Crippen molar-refractivity contribution in [3.8, 4) is 0 Å². The van der Waals surface area contributed by atoms with Crippen molar-refractivity contribution in [3.63, 3.8) is 0 Å². The zero-order valence-corrected chi connectivity index (χ0v) is 8.03. The Balaban J connectivity index is 2.13. The van der Waals surface area contributed by atoms with E-state index in [9.17, 15) is 0 Å². The number of nitrogens with two attached hydrogens (primary N) is 1. The number of aryl methyl sites for hydroxylation is 1. The van der Waals surface area contributed by atoms with Crippen molar-refractivity contribution >= 4 is 11.3 Å². The predicted octanol–water partition coefficient (Wildman–Crippen LogP) is 1.28. The fourth-order valence-electron chi connectivity index (χ4n) is 1.50. The number of hydrogen-bond donors (Lipinski definition) is 2. The van der Waals surface area contributed by atoms with E-state index in [1.807, 2.05) is 0 Å². The molecule has 1 fully saturated rings. The second-order valence-corrected chi connectivity index (χ2v) is 4.36. The van der Waals surface area contributed by atoms with Gasteiger partial charge in [0, 0.05) is 29.9 Å². The SMILES string of the molecule is Cc1ccsc1C(N)C1CNC1. The Kier molecular flexibility index (Phi) is 2.17. The van der Waals surface area contributed by atoms with Gasteiger partial charge in [0.1, 0.15) is 0 Å². The minimum Gasteiger partial charge on any atom is -0.323 e. The van der Waals surface area contributed by atoms with Crippen molar-refractivity contribution in [3.05, 3.63) is 21.9 Å². The van der Waals surface area contributed by atoms with E-state index in [2.05, 4.69) is 23.7 Å². The summed E-state index contributed by atoms with van der Waals surface area (Å²) in [4.78, 5) is 1.36. The molecule has 0 spiro atoms. The molecule has 0 bridgehead atoms. The molecule has 1 unspecified atom stereocenters. The molecule has 3 N–H and O–H groups in total. The molecule has 1 atom stereocenters. The van der Waals surface area contributed by atoms with Gasteiger partial charge in [-0.1, -0.05) is 0 Å². The summed E-state index contributed by atoms with van der Waals surface area (Å²) in [5.74, 6) is 0.655. The zero-order valence-electron chi connectivity index (χ0n) is 7.21. The molecule has 2 heterocycles. The van der Waals surface area contributed by atoms with Gasteiger partial charge < -0.3 is 11.1 Å². The van der Waals surface area contributed by atoms with Crippen LogP contribution in [-0.2, 0) is 0 Å². The normalized spacial score (nSPS) is 20.5. The molecule has 2 nitrogen and oxygen atoms in total. The summed E-state index contributed by atoms with van der Waals surface area (Å²) < 4.78 is 0. The number of hydrogen-bond acceptors (Lipinski definition) is 3. The lowest BCUT2D eigenvalue weighted by molar-refractivity contribution is 0.297. The van der Waals surface area contributed by atoms with E-state index in [0.717, 1.165) is 13.1 Å². The second kappa shape index (κ2) is 3.17. The van der Waals surface area contributed by atoms with Gasteiger partial charge in [-0.25, -0.2) is 0 Å². The topological polar surface area (TPSA) is 38.0 Å². The van der Waals surface area contributed by atoms with Gasteiger partial charge in [-0.2, -0.15) is 0 Å². The standard InChI is InChI=1S/C9H14N2S/c1-6-2-3-12-9(6)8(10)7-4-11-5-7/h2-3,7-8,11H,4-5,10H2,1H3. The highest BCUT2D eigenvalue weighted by Gasteiger charge is 2.26. The summed E-state index contributed by atoms with van der Waals surface area (Å²) in [5.41, 5.74) is 7.46. The van der Waals surface area contributed by atoms with Gasteiger partial charge in [0.15, 0.2) is 0 Å². The van der Waals surface area contributed by atoms with E-state index in [1.54, 1.807) is 11.3 Å². The van der Waals surface area contributed by atoms with Crippen LogP contribution in [0, 0.1) is 12.8 Å². The van der Waals surface area contributed by atoms with Gasteiger partial charge in [0.05, 0.1) is 0 Å². The molecular formula is C9H14N2S. The number of rotatable bonds is 2. The Bertz CT molecular complexity index is 265. The summed E-state index contributed by atoms with van der Waals surface area (Å²) in [6.45, 7) is 4.30. The van der Waals surface area contributed by atoms with E-state index < -0.39 is 0 Å². The molecule has 66 valence electrons. The molecule has 1 aliphatic rings. The maximum absolute atomic E-state index is 6.12. The first-order valence-electron chi connectivity index (χ1n) is 4.29. The summed E-state index contributed by atoms with van der Waals surface area (Å²) in [6, 6.07) is 2.40. The Morgan fingerprint density at radius 1 is 1.67 bits per heavy atom. The van der Waals surface area contributed by atoms with Crippen LogP contribution in [0.1, 0.15) is 16.5 Å². The van der Waals surface area contributed by atoms with Crippen molar-refractivity contribution in [2.24, 2.45) is 11.7 Å². The molecular weight excluding hydrogens is 168 g/mol. The molecule has 1 aliphatic heterocycles. The van der Waals surface area contributed by atoms with Gasteiger partial charge in [-0.3, -0.25) is 0 Å². The van der Waals surface area contributed by atoms with Crippen molar-refractivity contribution in [1.82, 2.24) is 5.32 Å². The first-order chi connectivity index (χ1) is 5.79. The molecule has 2 rings (SSSR count). The molecule has 0 saturated carbocycles. The van der Waals surface area contributed by atoms with Crippen LogP contribution in [0.5, 0.6) is 0 Å². The Morgan fingerprint density at radius 2 is 2.42 bits per heavy atom. The van der Waals surface area contributed by atoms with Crippen LogP contribution in [0.4, 0.5) is 0 Å². The lowest BCUT2D eigenvalue weighted by Crippen LogP contribution is -2.47. The van der Waals surface area contributed by atoms with Crippen molar-refractivity contribution in [2.75, 3.05) is 13.1 Å². The monoisotopic (exact) mass is 182 g/mol. The first kappa shape index (κ1) is 8.23. The quantitative estimate of drug-likeness (QED) is 0.723. The molecule has 0 aromatic carbocycles. The highest BCUT2D eigenvalue weighted by molar-refractivity contribution is 7.10. The molecule has 1 aromatic rings. The largest absolute Gasteiger partial charge is 0.323 e. The third-order valence-corrected chi connectivity index (χ3v) is 3.65. The van der Waals surface area contributed by atoms with Crippen molar-refractivity contribution in [2.45, 2.75) is 13.0 Å². The van der Waals surface area contributed by atoms with Gasteiger partial charge >= 0.3 is 0 Å². The van der Waals surface area contributed by atoms with Crippen molar-refractivity contribution < 1.29 is 0 Å². The lowest BCUT2D eigenvalue weighted by Gasteiger charge is -2.32. The molecule has 0 aliphatic carbocycles. The van der Waals surface area contributed by atoms with Crippen LogP contribution in [0.3, 0.4) is 0 Å². The van der Waals surface area contributed by atoms with E-state index in [0.29, 0.717) is 5.92 Å². The molecule has 12 heavy (non-hydrogen) atoms. The third kappa shape index (κ3) is 1.28. The predicted molar refractivity (Wildman–Crippen MR) is 52.3 cm³/mol. The maximum atomic E-state index is 6.12. The molecule has 1 saturated heterocycles. The van der Waals surface area contributed by atoms with Crippen LogP contribution < -0.4 is 11.1 Å². The van der Waals surface area contributed by atoms with Gasteiger partial charge in [-0.05, 0) is 23.9 Å².